The number of nitrogens with one attached hydrogen (secondary N) is 1. The molecule has 0 unspecified atom stereocenters. The summed E-state index contributed by atoms with van der Waals surface area (Å²) in [6.45, 7) is 4.77. The molecule has 0 amide bonds. The SMILES string of the molecule is C=C(C)C(=O)ON=C=N. The highest BCUT2D eigenvalue weighted by atomic mass is 16.7. The van der Waals surface area contributed by atoms with Crippen molar-refractivity contribution in [2.75, 3.05) is 0 Å². The van der Waals surface area contributed by atoms with E-state index in [0.717, 1.165) is 0 Å². The Hall–Kier alpha value is -1.41. The molecule has 0 bridgehead atoms. The van der Waals surface area contributed by atoms with Gasteiger partial charge in [0.05, 0.1) is 0 Å². The minimum atomic E-state index is -0.644. The lowest BCUT2D eigenvalue weighted by Crippen LogP contribution is -1.98. The summed E-state index contributed by atoms with van der Waals surface area (Å²) < 4.78 is 0. The molecule has 0 spiro atoms. The topological polar surface area (TPSA) is 62.5 Å². The summed E-state index contributed by atoms with van der Waals surface area (Å²) in [6, 6.07) is 1.54. The van der Waals surface area contributed by atoms with Crippen molar-refractivity contribution in [1.82, 2.24) is 0 Å². The maximum Gasteiger partial charge on any atom is 0.361 e. The minimum absolute atomic E-state index is 0.244. The van der Waals surface area contributed by atoms with Crippen molar-refractivity contribution in [3.63, 3.8) is 0 Å². The van der Waals surface area contributed by atoms with E-state index >= 15 is 0 Å². The fraction of sp³-hybridized carbons (Fsp3) is 0.200. The van der Waals surface area contributed by atoms with E-state index in [1.165, 1.54) is 6.92 Å². The highest BCUT2D eigenvalue weighted by Crippen LogP contribution is 1.90. The van der Waals surface area contributed by atoms with Gasteiger partial charge in [-0.1, -0.05) is 6.58 Å². The van der Waals surface area contributed by atoms with Gasteiger partial charge in [-0.05, 0) is 12.1 Å². The molecule has 4 nitrogen and oxygen atoms in total. The van der Waals surface area contributed by atoms with Gasteiger partial charge in [0, 0.05) is 5.57 Å². The quantitative estimate of drug-likeness (QED) is 0.257. The number of hydrogen-bond acceptors (Lipinski definition) is 4. The van der Waals surface area contributed by atoms with Crippen molar-refractivity contribution in [3.8, 4) is 0 Å². The molecule has 0 radical (unpaired) electrons. The van der Waals surface area contributed by atoms with Crippen LogP contribution in [0.3, 0.4) is 0 Å². The summed E-state index contributed by atoms with van der Waals surface area (Å²) in [5, 5.41) is 9.01. The van der Waals surface area contributed by atoms with Crippen LogP contribution in [-0.2, 0) is 9.63 Å². The molecule has 0 aromatic carbocycles. The number of rotatable bonds is 2. The van der Waals surface area contributed by atoms with Gasteiger partial charge in [-0.15, -0.1) is 0 Å². The Bertz CT molecular complexity index is 179. The molecule has 0 aliphatic rings. The van der Waals surface area contributed by atoms with Crippen LogP contribution in [0, 0.1) is 5.41 Å². The fourth-order valence-electron chi connectivity index (χ4n) is 0.142. The van der Waals surface area contributed by atoms with E-state index in [1.54, 1.807) is 6.01 Å². The van der Waals surface area contributed by atoms with Gasteiger partial charge in [0.1, 0.15) is 6.01 Å². The van der Waals surface area contributed by atoms with Gasteiger partial charge < -0.3 is 4.84 Å². The van der Waals surface area contributed by atoms with Crippen LogP contribution < -0.4 is 0 Å². The minimum Gasteiger partial charge on any atom is -0.303 e. The number of hydrogen-bond donors (Lipinski definition) is 1. The van der Waals surface area contributed by atoms with Crippen LogP contribution in [0.2, 0.25) is 0 Å². The normalized spacial score (nSPS) is 7.22. The molecule has 0 aliphatic carbocycles. The second-order valence-electron chi connectivity index (χ2n) is 1.36. The molecule has 0 saturated heterocycles. The van der Waals surface area contributed by atoms with Crippen LogP contribution in [0.25, 0.3) is 0 Å². The van der Waals surface area contributed by atoms with Gasteiger partial charge >= 0.3 is 5.97 Å². The number of carbonyl (C=O) groups is 1. The molecule has 48 valence electrons. The summed E-state index contributed by atoms with van der Waals surface area (Å²) in [4.78, 5) is 14.4. The van der Waals surface area contributed by atoms with Crippen LogP contribution in [0.5, 0.6) is 0 Å². The van der Waals surface area contributed by atoms with Crippen molar-refractivity contribution in [1.29, 1.82) is 5.41 Å². The summed E-state index contributed by atoms with van der Waals surface area (Å²) in [6.07, 6.45) is 0. The molecule has 4 heteroatoms. The third-order valence-electron chi connectivity index (χ3n) is 0.523. The molecule has 0 rings (SSSR count). The first-order valence-corrected chi connectivity index (χ1v) is 2.17. The maximum absolute atomic E-state index is 10.4. The highest BCUT2D eigenvalue weighted by Gasteiger charge is 1.99. The van der Waals surface area contributed by atoms with E-state index in [2.05, 4.69) is 16.6 Å². The fourth-order valence-corrected chi connectivity index (χ4v) is 0.142. The zero-order valence-electron chi connectivity index (χ0n) is 4.97. The van der Waals surface area contributed by atoms with E-state index in [1.807, 2.05) is 0 Å². The highest BCUT2D eigenvalue weighted by molar-refractivity contribution is 5.86. The third kappa shape index (κ3) is 3.20. The standard InChI is InChI=1S/C5H6N2O2/c1-4(2)5(8)9-7-3-6/h6H,1H2,2H3. The Kier molecular flexibility index (Phi) is 3.01. The zero-order chi connectivity index (χ0) is 7.28. The maximum atomic E-state index is 10.4. The Morgan fingerprint density at radius 3 is 2.78 bits per heavy atom. The molecule has 0 aromatic heterocycles. The second-order valence-corrected chi connectivity index (χ2v) is 1.36. The number of carbonyl (C=O) groups excluding carboxylic acids is 1. The van der Waals surface area contributed by atoms with Gasteiger partial charge in [-0.3, -0.25) is 0 Å². The van der Waals surface area contributed by atoms with Crippen LogP contribution in [-0.4, -0.2) is 12.0 Å². The Morgan fingerprint density at radius 1 is 1.89 bits per heavy atom. The Labute approximate surface area is 52.3 Å². The van der Waals surface area contributed by atoms with Gasteiger partial charge in [0.15, 0.2) is 0 Å². The molecular weight excluding hydrogens is 120 g/mol. The van der Waals surface area contributed by atoms with Crippen LogP contribution >= 0.6 is 0 Å². The molecule has 9 heavy (non-hydrogen) atoms. The lowest BCUT2D eigenvalue weighted by atomic mass is 10.4. The van der Waals surface area contributed by atoms with Gasteiger partial charge in [-0.25, -0.2) is 10.2 Å². The average molecular weight is 126 g/mol. The Morgan fingerprint density at radius 2 is 2.44 bits per heavy atom. The van der Waals surface area contributed by atoms with Crippen LogP contribution in [0.4, 0.5) is 0 Å². The lowest BCUT2D eigenvalue weighted by molar-refractivity contribution is -0.138. The molecule has 0 aliphatic heterocycles. The third-order valence-corrected chi connectivity index (χ3v) is 0.523. The molecule has 0 aromatic rings. The first kappa shape index (κ1) is 7.59. The van der Waals surface area contributed by atoms with Crippen molar-refractivity contribution >= 4 is 12.0 Å². The second kappa shape index (κ2) is 3.57. The lowest BCUT2D eigenvalue weighted by Gasteiger charge is -1.89. The van der Waals surface area contributed by atoms with Crippen molar-refractivity contribution in [3.05, 3.63) is 12.2 Å². The van der Waals surface area contributed by atoms with Gasteiger partial charge in [0.25, 0.3) is 0 Å². The van der Waals surface area contributed by atoms with Gasteiger partial charge in [0.2, 0.25) is 0 Å². The van der Waals surface area contributed by atoms with E-state index in [-0.39, 0.29) is 5.57 Å². The first-order chi connectivity index (χ1) is 4.18. The van der Waals surface area contributed by atoms with Crippen LogP contribution in [0.15, 0.2) is 17.3 Å². The van der Waals surface area contributed by atoms with E-state index in [9.17, 15) is 4.79 Å². The summed E-state index contributed by atoms with van der Waals surface area (Å²) in [5.41, 5.74) is 0.244. The zero-order valence-corrected chi connectivity index (χ0v) is 4.97. The molecule has 0 saturated carbocycles. The molecule has 1 N–H and O–H groups in total. The van der Waals surface area contributed by atoms with Gasteiger partial charge in [-0.2, -0.15) is 0 Å². The predicted octanol–water partition coefficient (Wildman–Crippen LogP) is 0.773. The Balaban J connectivity index is 3.78. The van der Waals surface area contributed by atoms with Crippen molar-refractivity contribution in [2.24, 2.45) is 5.16 Å². The summed E-state index contributed by atoms with van der Waals surface area (Å²) in [7, 11) is 0. The summed E-state index contributed by atoms with van der Waals surface area (Å²) in [5.74, 6) is -0.644. The van der Waals surface area contributed by atoms with E-state index < -0.39 is 5.97 Å². The van der Waals surface area contributed by atoms with Crippen LogP contribution in [0.1, 0.15) is 6.92 Å². The monoisotopic (exact) mass is 126 g/mol. The first-order valence-electron chi connectivity index (χ1n) is 2.17. The molecule has 0 fully saturated rings. The van der Waals surface area contributed by atoms with E-state index in [0.29, 0.717) is 0 Å². The van der Waals surface area contributed by atoms with E-state index in [4.69, 9.17) is 5.41 Å². The molecule has 0 atom stereocenters. The predicted molar refractivity (Wildman–Crippen MR) is 31.1 cm³/mol. The smallest absolute Gasteiger partial charge is 0.303 e. The molecular formula is C5H6N2O2. The number of nitrogens with zero attached hydrogens (tertiary/aromatic N) is 1. The largest absolute Gasteiger partial charge is 0.361 e. The summed E-state index contributed by atoms with van der Waals surface area (Å²) >= 11 is 0. The van der Waals surface area contributed by atoms with Crippen molar-refractivity contribution in [2.45, 2.75) is 6.92 Å². The van der Waals surface area contributed by atoms with Crippen molar-refractivity contribution < 1.29 is 9.63 Å². The average Bonchev–Trinajstić information content (AvgIpc) is 1.82. The molecule has 0 heterocycles.